The second kappa shape index (κ2) is 9.84. The zero-order valence-electron chi connectivity index (χ0n) is 27.1. The average Bonchev–Trinajstić information content (AvgIpc) is 3.68. The minimum atomic E-state index is -0.226. The van der Waals surface area contributed by atoms with Crippen molar-refractivity contribution in [3.8, 4) is 0 Å². The molecular weight excluding hydrogens is 540 g/mol. The SMILES string of the molecule is CN(C)[C@]12CC(=O)[C@@]3(C=C1c1ccc(CCc4ccc(C5=C[C@]67CCCC[C@H]6[C@@]5(N(C)C)CC7=O)cc4)cc1)CCCC[C@H]32. The Morgan fingerprint density at radius 3 is 1.34 bits per heavy atom. The third kappa shape index (κ3) is 3.59. The third-order valence-electron chi connectivity index (χ3n) is 13.5. The Kier molecular flexibility index (Phi) is 6.40. The molecule has 6 aliphatic carbocycles. The number of rotatable bonds is 7. The molecule has 44 heavy (non-hydrogen) atoms. The maximum Gasteiger partial charge on any atom is 0.145 e. The van der Waals surface area contributed by atoms with Gasteiger partial charge >= 0.3 is 0 Å². The summed E-state index contributed by atoms with van der Waals surface area (Å²) in [4.78, 5) is 31.3. The van der Waals surface area contributed by atoms with Gasteiger partial charge in [0.15, 0.2) is 0 Å². The Morgan fingerprint density at radius 2 is 0.977 bits per heavy atom. The lowest BCUT2D eigenvalue weighted by molar-refractivity contribution is -0.126. The van der Waals surface area contributed by atoms with Gasteiger partial charge in [0.25, 0.3) is 0 Å². The lowest BCUT2D eigenvalue weighted by Crippen LogP contribution is -2.48. The maximum absolute atomic E-state index is 13.3. The van der Waals surface area contributed by atoms with E-state index in [0.29, 0.717) is 36.2 Å². The topological polar surface area (TPSA) is 40.6 Å². The van der Waals surface area contributed by atoms with Crippen molar-refractivity contribution in [1.29, 1.82) is 0 Å². The van der Waals surface area contributed by atoms with Crippen LogP contribution in [0.3, 0.4) is 0 Å². The van der Waals surface area contributed by atoms with Gasteiger partial charge in [-0.3, -0.25) is 19.4 Å². The van der Waals surface area contributed by atoms with E-state index in [9.17, 15) is 9.59 Å². The monoisotopic (exact) mass is 588 g/mol. The van der Waals surface area contributed by atoms with Crippen molar-refractivity contribution in [2.75, 3.05) is 28.2 Å². The minimum absolute atomic E-state index is 0.148. The van der Waals surface area contributed by atoms with Crippen LogP contribution in [0.1, 0.15) is 86.5 Å². The van der Waals surface area contributed by atoms with E-state index in [1.807, 2.05) is 0 Å². The van der Waals surface area contributed by atoms with Crippen molar-refractivity contribution in [3.63, 3.8) is 0 Å². The van der Waals surface area contributed by atoms with Crippen molar-refractivity contribution in [1.82, 2.24) is 9.80 Å². The van der Waals surface area contributed by atoms with Crippen molar-refractivity contribution in [2.24, 2.45) is 22.7 Å². The van der Waals surface area contributed by atoms with Crippen LogP contribution in [0.4, 0.5) is 0 Å². The van der Waals surface area contributed by atoms with Gasteiger partial charge in [-0.25, -0.2) is 0 Å². The van der Waals surface area contributed by atoms with Gasteiger partial charge in [-0.1, -0.05) is 86.4 Å². The van der Waals surface area contributed by atoms with Crippen LogP contribution in [0, 0.1) is 22.7 Å². The molecule has 0 N–H and O–H groups in total. The molecule has 4 fully saturated rings. The summed E-state index contributed by atoms with van der Waals surface area (Å²) in [6.45, 7) is 0. The molecule has 4 bridgehead atoms. The second-order valence-corrected chi connectivity index (χ2v) is 15.5. The smallest absolute Gasteiger partial charge is 0.145 e. The number of ketones is 2. The highest BCUT2D eigenvalue weighted by atomic mass is 16.1. The molecule has 0 aliphatic heterocycles. The largest absolute Gasteiger partial charge is 0.299 e. The highest BCUT2D eigenvalue weighted by molar-refractivity contribution is 6.02. The van der Waals surface area contributed by atoms with Crippen molar-refractivity contribution in [3.05, 3.63) is 82.9 Å². The normalized spacial score (nSPS) is 37.0. The fourth-order valence-corrected chi connectivity index (χ4v) is 11.4. The van der Waals surface area contributed by atoms with Gasteiger partial charge in [-0.2, -0.15) is 0 Å². The Labute approximate surface area is 263 Å². The van der Waals surface area contributed by atoms with Crippen LogP contribution in [0.2, 0.25) is 0 Å². The highest BCUT2D eigenvalue weighted by Gasteiger charge is 2.69. The fraction of sp³-hybridized carbons (Fsp3) is 0.550. The van der Waals surface area contributed by atoms with Crippen LogP contribution in [0.5, 0.6) is 0 Å². The number of carbonyl (C=O) groups is 2. The van der Waals surface area contributed by atoms with E-state index in [2.05, 4.69) is 98.7 Å². The van der Waals surface area contributed by atoms with E-state index in [4.69, 9.17) is 0 Å². The molecule has 4 nitrogen and oxygen atoms in total. The van der Waals surface area contributed by atoms with Crippen LogP contribution >= 0.6 is 0 Å². The fourth-order valence-electron chi connectivity index (χ4n) is 11.4. The average molecular weight is 589 g/mol. The first-order valence-electron chi connectivity index (χ1n) is 17.2. The van der Waals surface area contributed by atoms with Gasteiger partial charge in [-0.15, -0.1) is 0 Å². The highest BCUT2D eigenvalue weighted by Crippen LogP contribution is 2.68. The van der Waals surface area contributed by atoms with E-state index < -0.39 is 0 Å². The molecule has 0 heterocycles. The molecule has 4 heteroatoms. The predicted octanol–water partition coefficient (Wildman–Crippen LogP) is 7.17. The van der Waals surface area contributed by atoms with Gasteiger partial charge in [0, 0.05) is 12.8 Å². The first kappa shape index (κ1) is 28.6. The molecule has 0 spiro atoms. The van der Waals surface area contributed by atoms with E-state index in [1.54, 1.807) is 0 Å². The number of aryl methyl sites for hydroxylation is 2. The number of carbonyl (C=O) groups excluding carboxylic acids is 2. The predicted molar refractivity (Wildman–Crippen MR) is 177 cm³/mol. The molecule has 6 aliphatic rings. The molecule has 2 aromatic carbocycles. The standard InChI is InChI=1S/C40H48N2O2/c1-41(2)39-25-35(43)37(21-7-5-9-33(37)39)23-31(39)29-17-13-27(14-18-29)11-12-28-15-19-30(20-16-28)32-24-38-22-8-6-10-34(38)40(32,42(3)4)26-36(38)44/h13-20,23-24,33-34H,5-12,21-22,25-26H2,1-4H3/t33-,34-,37-,38-,39-,40-/m1/s1. The van der Waals surface area contributed by atoms with Gasteiger partial charge in [0.1, 0.15) is 11.6 Å². The Morgan fingerprint density at radius 1 is 0.591 bits per heavy atom. The van der Waals surface area contributed by atoms with Crippen molar-refractivity contribution < 1.29 is 9.59 Å². The van der Waals surface area contributed by atoms with Crippen LogP contribution in [0.15, 0.2) is 60.7 Å². The number of nitrogens with zero attached hydrogens (tertiary/aromatic N) is 2. The molecule has 0 amide bonds. The number of allylic oxidation sites excluding steroid dienone is 2. The number of likely N-dealkylation sites (N-methyl/N-ethyl adjacent to an activating group) is 2. The quantitative estimate of drug-likeness (QED) is 0.344. The first-order valence-corrected chi connectivity index (χ1v) is 17.2. The Bertz CT molecular complexity index is 1460. The molecule has 4 saturated carbocycles. The van der Waals surface area contributed by atoms with E-state index >= 15 is 0 Å². The molecule has 0 radical (unpaired) electrons. The van der Waals surface area contributed by atoms with Gasteiger partial charge in [0.2, 0.25) is 0 Å². The van der Waals surface area contributed by atoms with Crippen LogP contribution in [-0.2, 0) is 22.4 Å². The lowest BCUT2D eigenvalue weighted by Gasteiger charge is -2.43. The summed E-state index contributed by atoms with van der Waals surface area (Å²) in [5.74, 6) is 1.80. The summed E-state index contributed by atoms with van der Waals surface area (Å²) in [5, 5.41) is 0. The summed E-state index contributed by atoms with van der Waals surface area (Å²) < 4.78 is 0. The molecule has 230 valence electrons. The van der Waals surface area contributed by atoms with Crippen molar-refractivity contribution >= 4 is 22.7 Å². The summed E-state index contributed by atoms with van der Waals surface area (Å²) in [7, 11) is 8.71. The molecule has 0 saturated heterocycles. The third-order valence-corrected chi connectivity index (χ3v) is 13.5. The van der Waals surface area contributed by atoms with Crippen LogP contribution in [-0.4, -0.2) is 60.6 Å². The number of benzene rings is 2. The summed E-state index contributed by atoms with van der Waals surface area (Å²) in [5.41, 5.74) is 7.33. The Balaban J connectivity index is 0.993. The zero-order chi connectivity index (χ0) is 30.5. The minimum Gasteiger partial charge on any atom is -0.299 e. The Hall–Kier alpha value is -2.82. The molecule has 2 aromatic rings. The van der Waals surface area contributed by atoms with E-state index in [-0.39, 0.29) is 21.9 Å². The first-order chi connectivity index (χ1) is 21.2. The molecule has 8 rings (SSSR count). The number of hydrogen-bond donors (Lipinski definition) is 0. The molecule has 6 atom stereocenters. The molecular formula is C40H48N2O2. The summed E-state index contributed by atoms with van der Waals surface area (Å²) >= 11 is 0. The lowest BCUT2D eigenvalue weighted by atomic mass is 9.68. The summed E-state index contributed by atoms with van der Waals surface area (Å²) in [6.07, 6.45) is 17.3. The zero-order valence-corrected chi connectivity index (χ0v) is 27.1. The second-order valence-electron chi connectivity index (χ2n) is 15.5. The number of hydrogen-bond acceptors (Lipinski definition) is 4. The van der Waals surface area contributed by atoms with Crippen LogP contribution < -0.4 is 0 Å². The van der Waals surface area contributed by atoms with E-state index in [0.717, 1.165) is 38.5 Å². The molecule has 0 aromatic heterocycles. The van der Waals surface area contributed by atoms with Gasteiger partial charge in [0.05, 0.1) is 21.9 Å². The molecule has 0 unspecified atom stereocenters. The maximum atomic E-state index is 13.3. The van der Waals surface area contributed by atoms with Crippen molar-refractivity contribution in [2.45, 2.75) is 88.1 Å². The van der Waals surface area contributed by atoms with Gasteiger partial charge < -0.3 is 0 Å². The number of Topliss-reactive ketones (excluding diaryl/α,β-unsaturated/α-hetero) is 2. The van der Waals surface area contributed by atoms with E-state index in [1.165, 1.54) is 59.1 Å². The van der Waals surface area contributed by atoms with Crippen LogP contribution in [0.25, 0.3) is 11.1 Å². The van der Waals surface area contributed by atoms with Gasteiger partial charge in [-0.05, 0) is 112 Å². The summed E-state index contributed by atoms with van der Waals surface area (Å²) in [6, 6.07) is 18.5.